The lowest BCUT2D eigenvalue weighted by molar-refractivity contribution is -0.137. The smallest absolute Gasteiger partial charge is 0.416 e. The highest BCUT2D eigenvalue weighted by Crippen LogP contribution is 2.30. The van der Waals surface area contributed by atoms with Gasteiger partial charge in [-0.2, -0.15) is 13.2 Å². The molecule has 94 valence electrons. The van der Waals surface area contributed by atoms with Gasteiger partial charge in [-0.15, -0.1) is 0 Å². The first-order chi connectivity index (χ1) is 8.47. The largest absolute Gasteiger partial charge is 0.435 e. The molecule has 18 heavy (non-hydrogen) atoms. The van der Waals surface area contributed by atoms with Crippen LogP contribution >= 0.6 is 0 Å². The van der Waals surface area contributed by atoms with E-state index in [1.165, 1.54) is 12.4 Å². The van der Waals surface area contributed by atoms with Gasteiger partial charge in [0.15, 0.2) is 0 Å². The highest BCUT2D eigenvalue weighted by molar-refractivity contribution is 5.31. The highest BCUT2D eigenvalue weighted by Gasteiger charge is 2.30. The van der Waals surface area contributed by atoms with Gasteiger partial charge in [0.2, 0.25) is 0 Å². The zero-order valence-electron chi connectivity index (χ0n) is 8.86. The second kappa shape index (κ2) is 4.52. The molecule has 0 atom stereocenters. The number of rotatable bonds is 2. The monoisotopic (exact) mass is 256 g/mol. The van der Waals surface area contributed by atoms with Crippen molar-refractivity contribution in [2.75, 3.05) is 0 Å². The van der Waals surface area contributed by atoms with Crippen LogP contribution in [0.1, 0.15) is 5.56 Å². The molecular weight excluding hydrogens is 249 g/mol. The molecule has 0 aliphatic carbocycles. The molecule has 1 aromatic carbocycles. The third kappa shape index (κ3) is 2.68. The van der Waals surface area contributed by atoms with Crippen molar-refractivity contribution in [1.29, 1.82) is 0 Å². The Labute approximate surface area is 99.1 Å². The van der Waals surface area contributed by atoms with E-state index in [0.29, 0.717) is 0 Å². The predicted molar refractivity (Wildman–Crippen MR) is 56.4 cm³/mol. The molecule has 0 aliphatic rings. The number of aromatic amines is 1. The first-order valence-electron chi connectivity index (χ1n) is 4.85. The highest BCUT2D eigenvalue weighted by atomic mass is 19.4. The van der Waals surface area contributed by atoms with E-state index in [2.05, 4.69) is 9.97 Å². The van der Waals surface area contributed by atoms with Gasteiger partial charge in [0.25, 0.3) is 5.88 Å². The number of nitrogens with zero attached hydrogens (tertiary/aromatic N) is 1. The van der Waals surface area contributed by atoms with Crippen LogP contribution in [0.3, 0.4) is 0 Å². The summed E-state index contributed by atoms with van der Waals surface area (Å²) in [5.41, 5.74) is -1.35. The molecule has 0 aliphatic heterocycles. The Balaban J connectivity index is 2.22. The molecule has 0 amide bonds. The molecule has 4 nitrogen and oxygen atoms in total. The van der Waals surface area contributed by atoms with E-state index >= 15 is 0 Å². The molecule has 2 aromatic rings. The third-order valence-corrected chi connectivity index (χ3v) is 2.07. The molecule has 0 saturated carbocycles. The van der Waals surface area contributed by atoms with Crippen LogP contribution in [0, 0.1) is 0 Å². The number of alkyl halides is 3. The maximum Gasteiger partial charge on any atom is 0.416 e. The summed E-state index contributed by atoms with van der Waals surface area (Å²) < 4.78 is 42.0. The molecule has 1 aromatic heterocycles. The van der Waals surface area contributed by atoms with Gasteiger partial charge < -0.3 is 9.72 Å². The van der Waals surface area contributed by atoms with Crippen molar-refractivity contribution in [2.24, 2.45) is 0 Å². The number of ether oxygens (including phenoxy) is 1. The molecule has 0 radical (unpaired) electrons. The second-order valence-electron chi connectivity index (χ2n) is 3.35. The number of H-pyrrole nitrogens is 1. The van der Waals surface area contributed by atoms with Crippen LogP contribution in [0.5, 0.6) is 11.6 Å². The van der Waals surface area contributed by atoms with Crippen molar-refractivity contribution >= 4 is 0 Å². The van der Waals surface area contributed by atoms with Crippen molar-refractivity contribution < 1.29 is 17.9 Å². The third-order valence-electron chi connectivity index (χ3n) is 2.07. The van der Waals surface area contributed by atoms with Crippen molar-refractivity contribution in [1.82, 2.24) is 9.97 Å². The summed E-state index contributed by atoms with van der Waals surface area (Å²) in [6.45, 7) is 0. The molecule has 0 fully saturated rings. The normalized spacial score (nSPS) is 11.3. The van der Waals surface area contributed by atoms with Crippen LogP contribution in [-0.4, -0.2) is 9.97 Å². The van der Waals surface area contributed by atoms with E-state index in [0.717, 1.165) is 24.3 Å². The van der Waals surface area contributed by atoms with Crippen LogP contribution in [-0.2, 0) is 6.18 Å². The average molecular weight is 256 g/mol. The van der Waals surface area contributed by atoms with Gasteiger partial charge in [-0.1, -0.05) is 0 Å². The minimum atomic E-state index is -4.40. The quantitative estimate of drug-likeness (QED) is 0.898. The van der Waals surface area contributed by atoms with E-state index in [9.17, 15) is 18.0 Å². The average Bonchev–Trinajstić information content (AvgIpc) is 2.32. The van der Waals surface area contributed by atoms with E-state index in [-0.39, 0.29) is 11.6 Å². The van der Waals surface area contributed by atoms with Gasteiger partial charge in [-0.3, -0.25) is 4.79 Å². The lowest BCUT2D eigenvalue weighted by Gasteiger charge is -2.07. The maximum atomic E-state index is 12.3. The zero-order valence-corrected chi connectivity index (χ0v) is 8.86. The predicted octanol–water partition coefficient (Wildman–Crippen LogP) is 2.58. The minimum Gasteiger partial charge on any atom is -0.435 e. The Hall–Kier alpha value is -2.31. The lowest BCUT2D eigenvalue weighted by Crippen LogP contribution is -2.09. The lowest BCUT2D eigenvalue weighted by atomic mass is 10.2. The maximum absolute atomic E-state index is 12.3. The van der Waals surface area contributed by atoms with Gasteiger partial charge in [-0.25, -0.2) is 4.98 Å². The molecule has 1 N–H and O–H groups in total. The van der Waals surface area contributed by atoms with Crippen LogP contribution in [0.15, 0.2) is 41.5 Å². The fourth-order valence-corrected chi connectivity index (χ4v) is 1.23. The molecule has 0 unspecified atom stereocenters. The Morgan fingerprint density at radius 2 is 1.83 bits per heavy atom. The van der Waals surface area contributed by atoms with Gasteiger partial charge >= 0.3 is 11.7 Å². The van der Waals surface area contributed by atoms with E-state index in [4.69, 9.17) is 4.74 Å². The van der Waals surface area contributed by atoms with Gasteiger partial charge in [0.1, 0.15) is 5.75 Å². The summed E-state index contributed by atoms with van der Waals surface area (Å²) in [7, 11) is 0. The van der Waals surface area contributed by atoms with Gasteiger partial charge in [0.05, 0.1) is 5.56 Å². The number of benzene rings is 1. The Morgan fingerprint density at radius 3 is 2.39 bits per heavy atom. The van der Waals surface area contributed by atoms with E-state index in [1.807, 2.05) is 0 Å². The van der Waals surface area contributed by atoms with E-state index < -0.39 is 17.3 Å². The molecule has 7 heteroatoms. The molecule has 0 saturated heterocycles. The molecule has 1 heterocycles. The molecular formula is C11H7F3N2O2. The number of aromatic nitrogens is 2. The topological polar surface area (TPSA) is 55.0 Å². The van der Waals surface area contributed by atoms with Crippen LogP contribution < -0.4 is 10.3 Å². The van der Waals surface area contributed by atoms with Crippen molar-refractivity contribution in [3.63, 3.8) is 0 Å². The van der Waals surface area contributed by atoms with Gasteiger partial charge in [-0.05, 0) is 24.3 Å². The molecule has 0 spiro atoms. The Kier molecular flexibility index (Phi) is 3.05. The summed E-state index contributed by atoms with van der Waals surface area (Å²) in [6.07, 6.45) is -1.77. The first-order valence-corrected chi connectivity index (χ1v) is 4.85. The second-order valence-corrected chi connectivity index (χ2v) is 3.35. The SMILES string of the molecule is O=c1[nH]ccnc1Oc1ccc(C(F)(F)F)cc1. The zero-order chi connectivity index (χ0) is 13.2. The molecule has 2 rings (SSSR count). The van der Waals surface area contributed by atoms with Crippen LogP contribution in [0.25, 0.3) is 0 Å². The van der Waals surface area contributed by atoms with Crippen LogP contribution in [0.2, 0.25) is 0 Å². The number of halogens is 3. The standard InChI is InChI=1S/C11H7F3N2O2/c12-11(13,14)7-1-3-8(4-2-7)18-10-9(17)15-5-6-16-10/h1-6H,(H,15,17). The van der Waals surface area contributed by atoms with Gasteiger partial charge in [0, 0.05) is 12.4 Å². The fraction of sp³-hybridized carbons (Fsp3) is 0.0909. The molecule has 0 bridgehead atoms. The minimum absolute atomic E-state index is 0.104. The summed E-state index contributed by atoms with van der Waals surface area (Å²) in [6, 6.07) is 3.98. The number of hydrogen-bond acceptors (Lipinski definition) is 3. The first kappa shape index (κ1) is 12.2. The number of nitrogens with one attached hydrogen (secondary N) is 1. The Bertz CT molecular complexity index is 590. The Morgan fingerprint density at radius 1 is 1.17 bits per heavy atom. The number of hydrogen-bond donors (Lipinski definition) is 1. The van der Waals surface area contributed by atoms with Crippen molar-refractivity contribution in [3.05, 3.63) is 52.6 Å². The summed E-state index contributed by atoms with van der Waals surface area (Å²) in [5, 5.41) is 0. The van der Waals surface area contributed by atoms with E-state index in [1.54, 1.807) is 0 Å². The van der Waals surface area contributed by atoms with Crippen LogP contribution in [0.4, 0.5) is 13.2 Å². The fourth-order valence-electron chi connectivity index (χ4n) is 1.23. The van der Waals surface area contributed by atoms with Crippen molar-refractivity contribution in [3.8, 4) is 11.6 Å². The summed E-state index contributed by atoms with van der Waals surface area (Å²) in [4.78, 5) is 17.2. The summed E-state index contributed by atoms with van der Waals surface area (Å²) >= 11 is 0. The van der Waals surface area contributed by atoms with Crippen molar-refractivity contribution in [2.45, 2.75) is 6.18 Å². The summed E-state index contributed by atoms with van der Waals surface area (Å²) in [5.74, 6) is -0.121.